The number of benzene rings is 1. The molecule has 1 heterocycles. The molecular formula is C14H17NOS. The van der Waals surface area contributed by atoms with E-state index in [9.17, 15) is 0 Å². The summed E-state index contributed by atoms with van der Waals surface area (Å²) in [5.41, 5.74) is 2.21. The smallest absolute Gasteiger partial charge is 0.122 e. The summed E-state index contributed by atoms with van der Waals surface area (Å²) < 4.78 is 5.67. The minimum atomic E-state index is 0.141. The summed E-state index contributed by atoms with van der Waals surface area (Å²) in [5, 5.41) is 3.18. The number of hydrogen-bond donors (Lipinski definition) is 0. The molecule has 2 rings (SSSR count). The molecule has 1 unspecified atom stereocenters. The van der Waals surface area contributed by atoms with Crippen LogP contribution in [0.15, 0.2) is 35.7 Å². The molecular weight excluding hydrogens is 230 g/mol. The summed E-state index contributed by atoms with van der Waals surface area (Å²) in [5.74, 6) is 0. The monoisotopic (exact) mass is 247 g/mol. The quantitative estimate of drug-likeness (QED) is 0.786. The van der Waals surface area contributed by atoms with Gasteiger partial charge in [-0.15, -0.1) is 11.3 Å². The van der Waals surface area contributed by atoms with Crippen LogP contribution in [-0.2, 0) is 4.74 Å². The van der Waals surface area contributed by atoms with E-state index >= 15 is 0 Å². The van der Waals surface area contributed by atoms with E-state index in [0.29, 0.717) is 0 Å². The van der Waals surface area contributed by atoms with Gasteiger partial charge in [-0.1, -0.05) is 37.3 Å². The van der Waals surface area contributed by atoms with Crippen LogP contribution in [0.1, 0.15) is 31.4 Å². The molecule has 17 heavy (non-hydrogen) atoms. The molecule has 90 valence electrons. The van der Waals surface area contributed by atoms with Gasteiger partial charge in [0, 0.05) is 17.6 Å². The van der Waals surface area contributed by atoms with Crippen LogP contribution in [0.4, 0.5) is 0 Å². The lowest BCUT2D eigenvalue weighted by Crippen LogP contribution is -2.02. The Morgan fingerprint density at radius 3 is 2.65 bits per heavy atom. The number of hydrogen-bond acceptors (Lipinski definition) is 3. The number of nitrogens with zero attached hydrogens (tertiary/aromatic N) is 1. The highest BCUT2D eigenvalue weighted by Crippen LogP contribution is 2.28. The van der Waals surface area contributed by atoms with Gasteiger partial charge in [-0.3, -0.25) is 0 Å². The Kier molecular flexibility index (Phi) is 4.29. The zero-order valence-corrected chi connectivity index (χ0v) is 11.0. The van der Waals surface area contributed by atoms with Crippen molar-refractivity contribution in [1.82, 2.24) is 4.98 Å². The first-order valence-corrected chi connectivity index (χ1v) is 6.85. The Labute approximate surface area is 106 Å². The molecule has 0 saturated heterocycles. The van der Waals surface area contributed by atoms with E-state index in [2.05, 4.69) is 29.4 Å². The predicted molar refractivity (Wildman–Crippen MR) is 72.2 cm³/mol. The molecule has 0 N–H and O–H groups in total. The number of thiazole rings is 1. The van der Waals surface area contributed by atoms with Crippen molar-refractivity contribution in [3.8, 4) is 11.3 Å². The first-order valence-electron chi connectivity index (χ1n) is 5.97. The van der Waals surface area contributed by atoms with Gasteiger partial charge in [-0.25, -0.2) is 4.98 Å². The second-order valence-electron chi connectivity index (χ2n) is 3.79. The molecule has 1 aromatic carbocycles. The summed E-state index contributed by atoms with van der Waals surface area (Å²) >= 11 is 1.68. The average molecular weight is 247 g/mol. The van der Waals surface area contributed by atoms with E-state index in [1.54, 1.807) is 11.3 Å². The van der Waals surface area contributed by atoms with Gasteiger partial charge in [0.1, 0.15) is 11.1 Å². The van der Waals surface area contributed by atoms with Crippen molar-refractivity contribution in [2.24, 2.45) is 0 Å². The molecule has 1 aromatic heterocycles. The lowest BCUT2D eigenvalue weighted by atomic mass is 10.2. The van der Waals surface area contributed by atoms with Crippen molar-refractivity contribution in [1.29, 1.82) is 0 Å². The molecule has 2 aromatic rings. The second kappa shape index (κ2) is 5.94. The Hall–Kier alpha value is -1.19. The van der Waals surface area contributed by atoms with Crippen LogP contribution in [0.25, 0.3) is 11.3 Å². The third-order valence-electron chi connectivity index (χ3n) is 2.61. The van der Waals surface area contributed by atoms with Gasteiger partial charge in [0.2, 0.25) is 0 Å². The van der Waals surface area contributed by atoms with Crippen LogP contribution in [0.3, 0.4) is 0 Å². The molecule has 0 spiro atoms. The van der Waals surface area contributed by atoms with Gasteiger partial charge < -0.3 is 4.74 Å². The maximum absolute atomic E-state index is 5.67. The summed E-state index contributed by atoms with van der Waals surface area (Å²) in [4.78, 5) is 4.66. The van der Waals surface area contributed by atoms with Crippen molar-refractivity contribution in [3.63, 3.8) is 0 Å². The fraction of sp³-hybridized carbons (Fsp3) is 0.357. The molecule has 0 saturated carbocycles. The van der Waals surface area contributed by atoms with Crippen molar-refractivity contribution in [2.75, 3.05) is 6.61 Å². The van der Waals surface area contributed by atoms with Crippen molar-refractivity contribution < 1.29 is 4.74 Å². The van der Waals surface area contributed by atoms with Crippen molar-refractivity contribution >= 4 is 11.3 Å². The zero-order chi connectivity index (χ0) is 12.1. The summed E-state index contributed by atoms with van der Waals surface area (Å²) in [7, 11) is 0. The third kappa shape index (κ3) is 2.93. The lowest BCUT2D eigenvalue weighted by molar-refractivity contribution is 0.0597. The normalized spacial score (nSPS) is 12.6. The topological polar surface area (TPSA) is 22.1 Å². The van der Waals surface area contributed by atoms with E-state index in [-0.39, 0.29) is 6.10 Å². The van der Waals surface area contributed by atoms with Crippen molar-refractivity contribution in [2.45, 2.75) is 26.4 Å². The number of ether oxygens (including phenoxy) is 1. The van der Waals surface area contributed by atoms with Crippen molar-refractivity contribution in [3.05, 3.63) is 40.7 Å². The fourth-order valence-electron chi connectivity index (χ4n) is 1.74. The van der Waals surface area contributed by atoms with E-state index in [4.69, 9.17) is 4.74 Å². The van der Waals surface area contributed by atoms with Gasteiger partial charge in [0.15, 0.2) is 0 Å². The molecule has 3 heteroatoms. The first kappa shape index (κ1) is 12.3. The average Bonchev–Trinajstić information content (AvgIpc) is 2.86. The van der Waals surface area contributed by atoms with Gasteiger partial charge in [-0.05, 0) is 13.3 Å². The highest BCUT2D eigenvalue weighted by molar-refractivity contribution is 7.10. The molecule has 0 radical (unpaired) electrons. The van der Waals surface area contributed by atoms with E-state index < -0.39 is 0 Å². The Morgan fingerprint density at radius 1 is 1.24 bits per heavy atom. The highest BCUT2D eigenvalue weighted by Gasteiger charge is 2.14. The molecule has 0 amide bonds. The number of aromatic nitrogens is 1. The highest BCUT2D eigenvalue weighted by atomic mass is 32.1. The maximum Gasteiger partial charge on any atom is 0.122 e. The van der Waals surface area contributed by atoms with Crippen LogP contribution in [0.5, 0.6) is 0 Å². The Balaban J connectivity index is 2.21. The molecule has 0 aliphatic carbocycles. The number of rotatable bonds is 5. The molecule has 0 aliphatic rings. The predicted octanol–water partition coefficient (Wildman–Crippen LogP) is 4.30. The van der Waals surface area contributed by atoms with Crippen LogP contribution in [-0.4, -0.2) is 11.6 Å². The molecule has 1 atom stereocenters. The van der Waals surface area contributed by atoms with E-state index in [1.165, 1.54) is 5.56 Å². The SMILES string of the molecule is CCOC(CC)c1nc(-c2ccccc2)cs1. The summed E-state index contributed by atoms with van der Waals surface area (Å²) in [6, 6.07) is 10.3. The van der Waals surface area contributed by atoms with Gasteiger partial charge in [0.05, 0.1) is 5.69 Å². The van der Waals surface area contributed by atoms with Gasteiger partial charge in [0.25, 0.3) is 0 Å². The maximum atomic E-state index is 5.67. The molecule has 0 fully saturated rings. The third-order valence-corrected chi connectivity index (χ3v) is 3.54. The summed E-state index contributed by atoms with van der Waals surface area (Å²) in [6.07, 6.45) is 1.11. The standard InChI is InChI=1S/C14H17NOS/c1-3-13(16-4-2)14-15-12(10-17-14)11-8-6-5-7-9-11/h5-10,13H,3-4H2,1-2H3. The largest absolute Gasteiger partial charge is 0.371 e. The summed E-state index contributed by atoms with van der Waals surface area (Å²) in [6.45, 7) is 4.89. The lowest BCUT2D eigenvalue weighted by Gasteiger charge is -2.11. The van der Waals surface area contributed by atoms with E-state index in [0.717, 1.165) is 23.7 Å². The first-order chi connectivity index (χ1) is 8.35. The van der Waals surface area contributed by atoms with Gasteiger partial charge in [-0.2, -0.15) is 0 Å². The Bertz CT molecular complexity index is 452. The minimum absolute atomic E-state index is 0.141. The van der Waals surface area contributed by atoms with Crippen LogP contribution in [0, 0.1) is 0 Å². The molecule has 0 bridgehead atoms. The second-order valence-corrected chi connectivity index (χ2v) is 4.68. The van der Waals surface area contributed by atoms with Crippen LogP contribution in [0.2, 0.25) is 0 Å². The van der Waals surface area contributed by atoms with Crippen LogP contribution < -0.4 is 0 Å². The Morgan fingerprint density at radius 2 is 2.00 bits per heavy atom. The van der Waals surface area contributed by atoms with Crippen LogP contribution >= 0.6 is 11.3 Å². The van der Waals surface area contributed by atoms with E-state index in [1.807, 2.05) is 25.1 Å². The molecule has 0 aliphatic heterocycles. The molecule has 2 nitrogen and oxygen atoms in total. The zero-order valence-electron chi connectivity index (χ0n) is 10.2. The van der Waals surface area contributed by atoms with Gasteiger partial charge >= 0.3 is 0 Å². The minimum Gasteiger partial charge on any atom is -0.371 e. The fourth-order valence-corrected chi connectivity index (χ4v) is 2.70.